The van der Waals surface area contributed by atoms with Crippen LogP contribution in [-0.2, 0) is 0 Å². The Hall–Kier alpha value is -2.34. The maximum Gasteiger partial charge on any atom is 0.287 e. The van der Waals surface area contributed by atoms with Crippen molar-refractivity contribution in [3.05, 3.63) is 47.9 Å². The number of hydrogen-bond donors (Lipinski definition) is 1. The van der Waals surface area contributed by atoms with Gasteiger partial charge in [0.15, 0.2) is 5.76 Å². The van der Waals surface area contributed by atoms with Gasteiger partial charge in [0.2, 0.25) is 0 Å². The second kappa shape index (κ2) is 6.28. The minimum Gasteiger partial charge on any atom is -0.459 e. The van der Waals surface area contributed by atoms with Crippen molar-refractivity contribution in [3.8, 4) is 0 Å². The van der Waals surface area contributed by atoms with Gasteiger partial charge in [-0.1, -0.05) is 12.1 Å². The number of carbonyl (C=O) groups excluding carboxylic acids is 1. The number of furan rings is 1. The second-order valence-corrected chi connectivity index (χ2v) is 6.92. The predicted molar refractivity (Wildman–Crippen MR) is 95.8 cm³/mol. The van der Waals surface area contributed by atoms with Crippen molar-refractivity contribution in [2.45, 2.75) is 25.8 Å². The highest BCUT2D eigenvalue weighted by molar-refractivity contribution is 7.11. The second-order valence-electron chi connectivity index (χ2n) is 6.17. The molecule has 0 unspecified atom stereocenters. The van der Waals surface area contributed by atoms with Crippen molar-refractivity contribution in [3.63, 3.8) is 0 Å². The Morgan fingerprint density at radius 3 is 2.83 bits per heavy atom. The Morgan fingerprint density at radius 2 is 2.08 bits per heavy atom. The van der Waals surface area contributed by atoms with Gasteiger partial charge in [0, 0.05) is 30.1 Å². The van der Waals surface area contributed by atoms with Gasteiger partial charge in [0.25, 0.3) is 5.91 Å². The molecule has 4 rings (SSSR count). The van der Waals surface area contributed by atoms with Crippen LogP contribution in [-0.4, -0.2) is 29.4 Å². The molecule has 0 atom stereocenters. The minimum absolute atomic E-state index is 0.112. The number of rotatable bonds is 3. The van der Waals surface area contributed by atoms with Gasteiger partial charge >= 0.3 is 0 Å². The van der Waals surface area contributed by atoms with E-state index in [0.29, 0.717) is 5.76 Å². The van der Waals surface area contributed by atoms with Crippen molar-refractivity contribution in [2.24, 2.45) is 0 Å². The number of benzene rings is 1. The third-order valence-corrected chi connectivity index (χ3v) is 5.49. The molecule has 0 radical (unpaired) electrons. The summed E-state index contributed by atoms with van der Waals surface area (Å²) in [7, 11) is 0. The van der Waals surface area contributed by atoms with Crippen molar-refractivity contribution in [1.82, 2.24) is 9.69 Å². The number of aryl methyl sites for hydroxylation is 1. The minimum atomic E-state index is -0.112. The lowest BCUT2D eigenvalue weighted by atomic mass is 10.0. The summed E-state index contributed by atoms with van der Waals surface area (Å²) >= 11 is 1.56. The van der Waals surface area contributed by atoms with Gasteiger partial charge in [-0.2, -0.15) is 4.37 Å². The van der Waals surface area contributed by atoms with Gasteiger partial charge in [-0.25, -0.2) is 0 Å². The largest absolute Gasteiger partial charge is 0.459 e. The topological polar surface area (TPSA) is 58.4 Å². The van der Waals surface area contributed by atoms with Crippen LogP contribution in [0.3, 0.4) is 0 Å². The van der Waals surface area contributed by atoms with E-state index >= 15 is 0 Å². The molecule has 1 fully saturated rings. The molecule has 1 aliphatic heterocycles. The highest BCUT2D eigenvalue weighted by Crippen LogP contribution is 2.32. The molecule has 0 saturated carbocycles. The van der Waals surface area contributed by atoms with Crippen LogP contribution < -0.4 is 10.2 Å². The molecule has 24 heavy (non-hydrogen) atoms. The summed E-state index contributed by atoms with van der Waals surface area (Å²) in [5.41, 5.74) is 1.93. The van der Waals surface area contributed by atoms with Crippen LogP contribution in [0.25, 0.3) is 10.9 Å². The number of anilines is 1. The fourth-order valence-electron chi connectivity index (χ4n) is 3.19. The molecule has 5 nitrogen and oxygen atoms in total. The van der Waals surface area contributed by atoms with E-state index in [-0.39, 0.29) is 11.9 Å². The van der Waals surface area contributed by atoms with Gasteiger partial charge in [0.1, 0.15) is 5.00 Å². The molecule has 6 heteroatoms. The first kappa shape index (κ1) is 15.2. The van der Waals surface area contributed by atoms with Crippen LogP contribution in [0.4, 0.5) is 5.00 Å². The zero-order valence-corrected chi connectivity index (χ0v) is 14.3. The zero-order chi connectivity index (χ0) is 16.5. The van der Waals surface area contributed by atoms with E-state index in [2.05, 4.69) is 26.7 Å². The van der Waals surface area contributed by atoms with Crippen LogP contribution in [0.5, 0.6) is 0 Å². The molecule has 124 valence electrons. The van der Waals surface area contributed by atoms with Crippen LogP contribution in [0, 0.1) is 6.92 Å². The highest BCUT2D eigenvalue weighted by atomic mass is 32.1. The van der Waals surface area contributed by atoms with E-state index in [9.17, 15) is 4.79 Å². The molecular weight excluding hydrogens is 322 g/mol. The standard InChI is InChI=1S/C18H19N3O2S/c1-12-8-11-23-16(12)17(22)19-13-6-9-21(10-7-13)18-14-4-2-3-5-15(14)20-24-18/h2-5,8,11,13H,6-7,9-10H2,1H3,(H,19,22). The van der Waals surface area contributed by atoms with Gasteiger partial charge in [-0.15, -0.1) is 0 Å². The fraction of sp³-hybridized carbons (Fsp3) is 0.333. The van der Waals surface area contributed by atoms with Crippen molar-refractivity contribution in [1.29, 1.82) is 0 Å². The molecule has 1 saturated heterocycles. The molecule has 0 bridgehead atoms. The van der Waals surface area contributed by atoms with E-state index in [1.807, 2.05) is 25.1 Å². The summed E-state index contributed by atoms with van der Waals surface area (Å²) in [5, 5.41) is 5.55. The Morgan fingerprint density at radius 1 is 1.29 bits per heavy atom. The van der Waals surface area contributed by atoms with Crippen LogP contribution in [0.15, 0.2) is 41.0 Å². The molecule has 1 aromatic carbocycles. The van der Waals surface area contributed by atoms with Crippen LogP contribution >= 0.6 is 11.5 Å². The van der Waals surface area contributed by atoms with Gasteiger partial charge in [0.05, 0.1) is 11.8 Å². The average molecular weight is 341 g/mol. The first-order valence-corrected chi connectivity index (χ1v) is 8.94. The lowest BCUT2D eigenvalue weighted by molar-refractivity contribution is 0.0902. The first-order valence-electron chi connectivity index (χ1n) is 8.16. The number of nitrogens with zero attached hydrogens (tertiary/aromatic N) is 2. The fourth-order valence-corrected chi connectivity index (χ4v) is 4.10. The lowest BCUT2D eigenvalue weighted by Crippen LogP contribution is -2.44. The monoisotopic (exact) mass is 341 g/mol. The van der Waals surface area contributed by atoms with Gasteiger partial charge in [-0.05, 0) is 49.5 Å². The van der Waals surface area contributed by atoms with E-state index < -0.39 is 0 Å². The smallest absolute Gasteiger partial charge is 0.287 e. The SMILES string of the molecule is Cc1ccoc1C(=O)NC1CCN(c2snc3ccccc23)CC1. The quantitative estimate of drug-likeness (QED) is 0.791. The van der Waals surface area contributed by atoms with E-state index in [1.54, 1.807) is 17.8 Å². The van der Waals surface area contributed by atoms with E-state index in [0.717, 1.165) is 37.0 Å². The lowest BCUT2D eigenvalue weighted by Gasteiger charge is -2.32. The Balaban J connectivity index is 1.40. The summed E-state index contributed by atoms with van der Waals surface area (Å²) in [6.07, 6.45) is 3.41. The number of nitrogens with one attached hydrogen (secondary N) is 1. The molecule has 3 heterocycles. The van der Waals surface area contributed by atoms with Crippen LogP contribution in [0.2, 0.25) is 0 Å². The molecule has 0 aliphatic carbocycles. The molecule has 1 aliphatic rings. The number of fused-ring (bicyclic) bond motifs is 1. The number of hydrogen-bond acceptors (Lipinski definition) is 5. The van der Waals surface area contributed by atoms with Gasteiger partial charge < -0.3 is 14.6 Å². The van der Waals surface area contributed by atoms with E-state index in [1.165, 1.54) is 10.4 Å². The Bertz CT molecular complexity index is 862. The van der Waals surface area contributed by atoms with Gasteiger partial charge in [-0.3, -0.25) is 4.79 Å². The van der Waals surface area contributed by atoms with Crippen molar-refractivity contribution >= 4 is 33.3 Å². The number of carbonyl (C=O) groups is 1. The highest BCUT2D eigenvalue weighted by Gasteiger charge is 2.24. The summed E-state index contributed by atoms with van der Waals surface area (Å²) in [4.78, 5) is 14.6. The molecule has 1 amide bonds. The summed E-state index contributed by atoms with van der Waals surface area (Å²) in [5.74, 6) is 0.310. The molecule has 1 N–H and O–H groups in total. The first-order chi connectivity index (χ1) is 11.7. The predicted octanol–water partition coefficient (Wildman–Crippen LogP) is 3.60. The number of aromatic nitrogens is 1. The van der Waals surface area contributed by atoms with Crippen molar-refractivity contribution < 1.29 is 9.21 Å². The Labute approximate surface area is 144 Å². The Kier molecular flexibility index (Phi) is 3.98. The maximum atomic E-state index is 12.3. The molecule has 2 aromatic heterocycles. The summed E-state index contributed by atoms with van der Waals surface area (Å²) < 4.78 is 9.79. The molecular formula is C18H19N3O2S. The summed E-state index contributed by atoms with van der Waals surface area (Å²) in [6.45, 7) is 3.73. The third kappa shape index (κ3) is 2.78. The molecule has 3 aromatic rings. The van der Waals surface area contributed by atoms with E-state index in [4.69, 9.17) is 4.42 Å². The van der Waals surface area contributed by atoms with Crippen molar-refractivity contribution in [2.75, 3.05) is 18.0 Å². The summed E-state index contributed by atoms with van der Waals surface area (Å²) in [6, 6.07) is 10.3. The number of amides is 1. The normalized spacial score (nSPS) is 15.8. The average Bonchev–Trinajstić information content (AvgIpc) is 3.22. The van der Waals surface area contributed by atoms with Crippen LogP contribution in [0.1, 0.15) is 29.0 Å². The third-order valence-electron chi connectivity index (χ3n) is 4.55. The zero-order valence-electron chi connectivity index (χ0n) is 13.5. The maximum absolute atomic E-state index is 12.3. The number of piperidine rings is 1. The molecule has 0 spiro atoms.